The molecule has 5 nitrogen and oxygen atoms in total. The minimum absolute atomic E-state index is 0.202. The molecule has 3 aromatic rings. The monoisotopic (exact) mass is 287 g/mol. The predicted octanol–water partition coefficient (Wildman–Crippen LogP) is 3.39. The van der Waals surface area contributed by atoms with Crippen LogP contribution in [-0.4, -0.2) is 27.2 Å². The molecule has 0 amide bonds. The molecule has 3 rings (SSSR count). The minimum atomic E-state index is 0.202. The summed E-state index contributed by atoms with van der Waals surface area (Å²) < 4.78 is 0. The summed E-state index contributed by atoms with van der Waals surface area (Å²) >= 11 is 5.98. The molecule has 0 atom stereocenters. The van der Waals surface area contributed by atoms with E-state index in [4.69, 9.17) is 11.6 Å². The summed E-state index contributed by atoms with van der Waals surface area (Å²) in [6.45, 7) is 4.15. The smallest absolute Gasteiger partial charge is 0.226 e. The molecule has 2 aromatic heterocycles. The maximum atomic E-state index is 5.98. The summed E-state index contributed by atoms with van der Waals surface area (Å²) in [6, 6.07) is 6.29. The highest BCUT2D eigenvalue weighted by Gasteiger charge is 2.15. The van der Waals surface area contributed by atoms with Crippen molar-refractivity contribution < 1.29 is 0 Å². The van der Waals surface area contributed by atoms with Crippen LogP contribution in [0.2, 0.25) is 5.28 Å². The van der Waals surface area contributed by atoms with Crippen LogP contribution in [0.4, 0.5) is 11.5 Å². The number of nitrogens with one attached hydrogen (secondary N) is 1. The maximum Gasteiger partial charge on any atom is 0.226 e. The summed E-state index contributed by atoms with van der Waals surface area (Å²) in [6.07, 6.45) is 1.71. The first kappa shape index (κ1) is 12.9. The van der Waals surface area contributed by atoms with Crippen molar-refractivity contribution in [2.45, 2.75) is 13.8 Å². The summed E-state index contributed by atoms with van der Waals surface area (Å²) in [5, 5.41) is 7.87. The number of anilines is 2. The number of aromatic amines is 1. The molecule has 2 heterocycles. The van der Waals surface area contributed by atoms with Crippen LogP contribution in [-0.2, 0) is 0 Å². The average molecular weight is 288 g/mol. The zero-order chi connectivity index (χ0) is 14.3. The molecule has 0 radical (unpaired) electrons. The first-order valence-electron chi connectivity index (χ1n) is 6.24. The number of aromatic nitrogens is 4. The second kappa shape index (κ2) is 4.76. The van der Waals surface area contributed by atoms with Crippen LogP contribution in [0.3, 0.4) is 0 Å². The topological polar surface area (TPSA) is 57.7 Å². The number of hydrogen-bond acceptors (Lipinski definition) is 4. The second-order valence-corrected chi connectivity index (χ2v) is 5.14. The van der Waals surface area contributed by atoms with E-state index in [2.05, 4.69) is 52.2 Å². The first-order valence-corrected chi connectivity index (χ1v) is 6.61. The Morgan fingerprint density at radius 3 is 2.75 bits per heavy atom. The van der Waals surface area contributed by atoms with Gasteiger partial charge in [0.25, 0.3) is 0 Å². The van der Waals surface area contributed by atoms with Gasteiger partial charge < -0.3 is 4.90 Å². The summed E-state index contributed by atoms with van der Waals surface area (Å²) in [5.41, 5.74) is 4.12. The quantitative estimate of drug-likeness (QED) is 0.734. The first-order chi connectivity index (χ1) is 9.56. The van der Waals surface area contributed by atoms with Crippen LogP contribution < -0.4 is 4.90 Å². The molecule has 0 fully saturated rings. The molecule has 102 valence electrons. The second-order valence-electron chi connectivity index (χ2n) is 4.80. The lowest BCUT2D eigenvalue weighted by Crippen LogP contribution is -2.13. The summed E-state index contributed by atoms with van der Waals surface area (Å²) in [4.78, 5) is 10.5. The molecule has 1 aromatic carbocycles. The van der Waals surface area contributed by atoms with Crippen LogP contribution in [0.1, 0.15) is 11.1 Å². The molecule has 0 bridgehead atoms. The molecule has 20 heavy (non-hydrogen) atoms. The third-order valence-electron chi connectivity index (χ3n) is 3.29. The number of benzene rings is 1. The normalized spacial score (nSPS) is 11.0. The maximum absolute atomic E-state index is 5.98. The summed E-state index contributed by atoms with van der Waals surface area (Å²) in [5.74, 6) is 0.737. The molecule has 6 heteroatoms. The van der Waals surface area contributed by atoms with E-state index in [1.807, 2.05) is 11.9 Å². The molecular formula is C14H14ClN5. The highest BCUT2D eigenvalue weighted by atomic mass is 35.5. The Balaban J connectivity index is 2.16. The highest BCUT2D eigenvalue weighted by Crippen LogP contribution is 2.31. The van der Waals surface area contributed by atoms with Crippen molar-refractivity contribution in [3.8, 4) is 0 Å². The third kappa shape index (κ3) is 2.10. The zero-order valence-electron chi connectivity index (χ0n) is 11.5. The van der Waals surface area contributed by atoms with Crippen molar-refractivity contribution in [1.29, 1.82) is 0 Å². The number of rotatable bonds is 2. The number of nitrogens with zero attached hydrogens (tertiary/aromatic N) is 4. The van der Waals surface area contributed by atoms with E-state index in [1.165, 1.54) is 11.1 Å². The lowest BCUT2D eigenvalue weighted by molar-refractivity contribution is 1.07. The van der Waals surface area contributed by atoms with Crippen molar-refractivity contribution in [2.24, 2.45) is 0 Å². The Bertz CT molecular complexity index is 780. The van der Waals surface area contributed by atoms with Gasteiger partial charge in [-0.05, 0) is 37.1 Å². The van der Waals surface area contributed by atoms with Crippen molar-refractivity contribution in [1.82, 2.24) is 20.2 Å². The van der Waals surface area contributed by atoms with Gasteiger partial charge in [0.2, 0.25) is 5.28 Å². The minimum Gasteiger partial charge on any atom is -0.328 e. The molecule has 0 saturated carbocycles. The van der Waals surface area contributed by atoms with Gasteiger partial charge >= 0.3 is 0 Å². The lowest BCUT2D eigenvalue weighted by Gasteiger charge is -2.21. The van der Waals surface area contributed by atoms with Crippen molar-refractivity contribution in [3.05, 3.63) is 40.8 Å². The predicted molar refractivity (Wildman–Crippen MR) is 80.7 cm³/mol. The molecule has 0 saturated heterocycles. The third-order valence-corrected chi connectivity index (χ3v) is 3.46. The number of aryl methyl sites for hydroxylation is 2. The number of fused-ring (bicyclic) bond motifs is 1. The van der Waals surface area contributed by atoms with Gasteiger partial charge in [0.1, 0.15) is 5.82 Å². The number of hydrogen-bond donors (Lipinski definition) is 1. The molecule has 1 N–H and O–H groups in total. The van der Waals surface area contributed by atoms with E-state index in [9.17, 15) is 0 Å². The molecule has 0 aliphatic heterocycles. The molecule has 0 aliphatic rings. The van der Waals surface area contributed by atoms with Crippen molar-refractivity contribution >= 4 is 34.1 Å². The van der Waals surface area contributed by atoms with Gasteiger partial charge in [-0.2, -0.15) is 15.1 Å². The fraction of sp³-hybridized carbons (Fsp3) is 0.214. The largest absolute Gasteiger partial charge is 0.328 e. The van der Waals surface area contributed by atoms with Gasteiger partial charge in [-0.25, -0.2) is 0 Å². The fourth-order valence-corrected chi connectivity index (χ4v) is 2.51. The molecule has 0 spiro atoms. The zero-order valence-corrected chi connectivity index (χ0v) is 12.2. The Labute approximate surface area is 121 Å². The van der Waals surface area contributed by atoms with Gasteiger partial charge in [-0.15, -0.1) is 0 Å². The van der Waals surface area contributed by atoms with E-state index in [0.29, 0.717) is 5.65 Å². The Kier molecular flexibility index (Phi) is 3.06. The molecule has 0 aliphatic carbocycles. The SMILES string of the molecule is Cc1ccc(N(C)c2nc(Cl)nc3[nH]ncc23)c(C)c1. The van der Waals surface area contributed by atoms with E-state index in [0.717, 1.165) is 16.9 Å². The van der Waals surface area contributed by atoms with Gasteiger partial charge in [0, 0.05) is 12.7 Å². The van der Waals surface area contributed by atoms with Crippen LogP contribution in [0.5, 0.6) is 0 Å². The van der Waals surface area contributed by atoms with E-state index < -0.39 is 0 Å². The molecular weight excluding hydrogens is 274 g/mol. The Morgan fingerprint density at radius 2 is 2.00 bits per heavy atom. The molecule has 0 unspecified atom stereocenters. The van der Waals surface area contributed by atoms with E-state index >= 15 is 0 Å². The highest BCUT2D eigenvalue weighted by molar-refractivity contribution is 6.28. The Hall–Kier alpha value is -2.14. The van der Waals surface area contributed by atoms with Gasteiger partial charge in [-0.3, -0.25) is 5.10 Å². The van der Waals surface area contributed by atoms with E-state index in [-0.39, 0.29) is 5.28 Å². The summed E-state index contributed by atoms with van der Waals surface area (Å²) in [7, 11) is 1.96. The van der Waals surface area contributed by atoms with Crippen molar-refractivity contribution in [2.75, 3.05) is 11.9 Å². The van der Waals surface area contributed by atoms with Crippen LogP contribution >= 0.6 is 11.6 Å². The van der Waals surface area contributed by atoms with Gasteiger partial charge in [0.15, 0.2) is 5.65 Å². The number of H-pyrrole nitrogens is 1. The number of halogens is 1. The lowest BCUT2D eigenvalue weighted by atomic mass is 10.1. The van der Waals surface area contributed by atoms with Crippen LogP contribution in [0.25, 0.3) is 11.0 Å². The Morgan fingerprint density at radius 1 is 1.20 bits per heavy atom. The fourth-order valence-electron chi connectivity index (χ4n) is 2.34. The average Bonchev–Trinajstić information content (AvgIpc) is 2.85. The van der Waals surface area contributed by atoms with Crippen LogP contribution in [0.15, 0.2) is 24.4 Å². The van der Waals surface area contributed by atoms with Gasteiger partial charge in [-0.1, -0.05) is 17.7 Å². The standard InChI is InChI=1S/C14H14ClN5/c1-8-4-5-11(9(2)6-8)20(3)13-10-7-16-19-12(10)17-14(15)18-13/h4-7H,1-3H3,(H,16,17,18,19). The van der Waals surface area contributed by atoms with E-state index in [1.54, 1.807) is 6.20 Å². The van der Waals surface area contributed by atoms with Crippen molar-refractivity contribution in [3.63, 3.8) is 0 Å². The van der Waals surface area contributed by atoms with Gasteiger partial charge in [0.05, 0.1) is 11.6 Å². The van der Waals surface area contributed by atoms with Crippen LogP contribution in [0, 0.1) is 13.8 Å².